The number of carbonyl (C=O) groups excluding carboxylic acids is 1. The van der Waals surface area contributed by atoms with Gasteiger partial charge in [-0.3, -0.25) is 4.79 Å². The van der Waals surface area contributed by atoms with E-state index in [2.05, 4.69) is 63.9 Å². The molecule has 1 aromatic rings. The van der Waals surface area contributed by atoms with Crippen molar-refractivity contribution in [3.05, 3.63) is 41.6 Å². The van der Waals surface area contributed by atoms with Crippen LogP contribution in [0.15, 0.2) is 36.0 Å². The van der Waals surface area contributed by atoms with Crippen LogP contribution < -0.4 is 5.32 Å². The molecule has 5 unspecified atom stereocenters. The second-order valence-electron chi connectivity index (χ2n) is 11.2. The van der Waals surface area contributed by atoms with Gasteiger partial charge in [0, 0.05) is 35.7 Å². The number of amides is 1. The van der Waals surface area contributed by atoms with Crippen molar-refractivity contribution < 1.29 is 9.90 Å². The van der Waals surface area contributed by atoms with Crippen molar-refractivity contribution in [2.24, 2.45) is 17.8 Å². The van der Waals surface area contributed by atoms with E-state index >= 15 is 0 Å². The van der Waals surface area contributed by atoms with Crippen molar-refractivity contribution in [3.8, 4) is 5.75 Å². The predicted molar refractivity (Wildman–Crippen MR) is 134 cm³/mol. The fraction of sp³-hybridized carbons (Fsp3) is 0.679. The van der Waals surface area contributed by atoms with Crippen molar-refractivity contribution >= 4 is 5.91 Å². The first-order valence-electron chi connectivity index (χ1n) is 13.0. The van der Waals surface area contributed by atoms with Gasteiger partial charge in [-0.05, 0) is 89.6 Å². The molecule has 2 saturated heterocycles. The summed E-state index contributed by atoms with van der Waals surface area (Å²) in [5.41, 5.74) is 2.37. The largest absolute Gasteiger partial charge is 0.508 e. The number of aromatic hydroxyl groups is 1. The molecule has 2 aliphatic heterocycles. The van der Waals surface area contributed by atoms with Gasteiger partial charge in [-0.1, -0.05) is 32.1 Å². The smallest absolute Gasteiger partial charge is 0.245 e. The lowest BCUT2D eigenvalue weighted by Crippen LogP contribution is -2.52. The summed E-state index contributed by atoms with van der Waals surface area (Å²) >= 11 is 0. The number of fused-ring (bicyclic) bond motifs is 2. The minimum atomic E-state index is -0.167. The highest BCUT2D eigenvalue weighted by Crippen LogP contribution is 2.52. The minimum absolute atomic E-state index is 0.0880. The molecule has 33 heavy (non-hydrogen) atoms. The van der Waals surface area contributed by atoms with Crippen LogP contribution in [-0.2, 0) is 10.2 Å². The number of phenolic OH excluding ortho intramolecular Hbond substituents is 1. The number of nitrogens with zero attached hydrogens (tertiary/aromatic N) is 2. The summed E-state index contributed by atoms with van der Waals surface area (Å²) in [5.74, 6) is 1.70. The van der Waals surface area contributed by atoms with Crippen LogP contribution >= 0.6 is 0 Å². The second kappa shape index (κ2) is 9.32. The van der Waals surface area contributed by atoms with Gasteiger partial charge in [-0.25, -0.2) is 0 Å². The van der Waals surface area contributed by atoms with E-state index in [4.69, 9.17) is 0 Å². The van der Waals surface area contributed by atoms with Crippen LogP contribution in [0, 0.1) is 17.8 Å². The van der Waals surface area contributed by atoms with Gasteiger partial charge in [0.05, 0.1) is 0 Å². The maximum Gasteiger partial charge on any atom is 0.245 e. The third kappa shape index (κ3) is 4.29. The summed E-state index contributed by atoms with van der Waals surface area (Å²) in [6, 6.07) is 8.08. The Bertz CT molecular complexity index is 887. The van der Waals surface area contributed by atoms with E-state index in [1.165, 1.54) is 17.7 Å². The van der Waals surface area contributed by atoms with Gasteiger partial charge in [0.2, 0.25) is 5.91 Å². The molecule has 1 aromatic carbocycles. The normalized spacial score (nSPS) is 31.7. The Kier molecular flexibility index (Phi) is 6.82. The summed E-state index contributed by atoms with van der Waals surface area (Å²) in [4.78, 5) is 18.3. The topological polar surface area (TPSA) is 55.8 Å². The van der Waals surface area contributed by atoms with E-state index < -0.39 is 0 Å². The van der Waals surface area contributed by atoms with Crippen molar-refractivity contribution in [3.63, 3.8) is 0 Å². The number of likely N-dealkylation sites (tertiary alicyclic amines) is 1. The molecule has 0 saturated carbocycles. The lowest BCUT2D eigenvalue weighted by Gasteiger charge is -2.51. The first-order valence-corrected chi connectivity index (χ1v) is 13.0. The van der Waals surface area contributed by atoms with Crippen LogP contribution in [-0.4, -0.2) is 58.6 Å². The Hall–Kier alpha value is -2.01. The summed E-state index contributed by atoms with van der Waals surface area (Å²) in [7, 11) is 0. The number of hydrogen-bond acceptors (Lipinski definition) is 4. The van der Waals surface area contributed by atoms with Crippen LogP contribution in [0.25, 0.3) is 0 Å². The van der Waals surface area contributed by atoms with Gasteiger partial charge < -0.3 is 20.2 Å². The molecule has 2 N–H and O–H groups in total. The van der Waals surface area contributed by atoms with Crippen LogP contribution in [0.1, 0.15) is 66.4 Å². The maximum atomic E-state index is 13.6. The van der Waals surface area contributed by atoms with Crippen LogP contribution in [0.4, 0.5) is 0 Å². The molecule has 182 valence electrons. The quantitative estimate of drug-likeness (QED) is 0.665. The summed E-state index contributed by atoms with van der Waals surface area (Å²) in [6.45, 7) is 16.2. The lowest BCUT2D eigenvalue weighted by atomic mass is 9.59. The Morgan fingerprint density at radius 3 is 2.64 bits per heavy atom. The molecule has 0 aromatic heterocycles. The number of phenols is 1. The van der Waals surface area contributed by atoms with Gasteiger partial charge in [-0.2, -0.15) is 0 Å². The van der Waals surface area contributed by atoms with E-state index in [0.717, 1.165) is 32.5 Å². The summed E-state index contributed by atoms with van der Waals surface area (Å²) < 4.78 is 0. The van der Waals surface area contributed by atoms with E-state index in [-0.39, 0.29) is 35.4 Å². The standard InChI is InChI=1S/C28H43N3O2/c1-7-12-30-13-11-28(21-9-8-10-23(32)14-21)16-25-24(15-22(28)17-30)20(6)26(29-25)27(33)31(18(2)3)19(4)5/h8-10,14,16,18-20,22,24,26,29,32H,7,11-13,15,17H2,1-6H3. The van der Waals surface area contributed by atoms with Crippen LogP contribution in [0.2, 0.25) is 0 Å². The molecule has 0 spiro atoms. The van der Waals surface area contributed by atoms with Crippen molar-refractivity contribution in [2.45, 2.75) is 84.3 Å². The number of hydrogen-bond donors (Lipinski definition) is 2. The molecule has 0 radical (unpaired) electrons. The fourth-order valence-electron chi connectivity index (χ4n) is 6.93. The van der Waals surface area contributed by atoms with Crippen LogP contribution in [0.5, 0.6) is 5.75 Å². The fourth-order valence-corrected chi connectivity index (χ4v) is 6.93. The Balaban J connectivity index is 1.70. The molecule has 4 rings (SSSR count). The lowest BCUT2D eigenvalue weighted by molar-refractivity contribution is -0.137. The van der Waals surface area contributed by atoms with E-state index in [9.17, 15) is 9.90 Å². The van der Waals surface area contributed by atoms with Gasteiger partial charge in [-0.15, -0.1) is 0 Å². The molecule has 3 aliphatic rings. The van der Waals surface area contributed by atoms with E-state index in [1.54, 1.807) is 6.07 Å². The number of allylic oxidation sites excluding steroid dienone is 2. The zero-order valence-corrected chi connectivity index (χ0v) is 21.3. The molecule has 1 aliphatic carbocycles. The first kappa shape index (κ1) is 24.1. The van der Waals surface area contributed by atoms with E-state index in [0.29, 0.717) is 17.6 Å². The monoisotopic (exact) mass is 453 g/mol. The zero-order chi connectivity index (χ0) is 23.9. The Labute approximate surface area is 200 Å². The average Bonchev–Trinajstić information content (AvgIpc) is 3.07. The molecule has 5 heteroatoms. The molecule has 1 amide bonds. The molecular weight excluding hydrogens is 410 g/mol. The number of piperidine rings is 1. The minimum Gasteiger partial charge on any atom is -0.508 e. The van der Waals surface area contributed by atoms with Crippen LogP contribution in [0.3, 0.4) is 0 Å². The van der Waals surface area contributed by atoms with Gasteiger partial charge in [0.15, 0.2) is 0 Å². The molecule has 5 atom stereocenters. The molecule has 2 heterocycles. The van der Waals surface area contributed by atoms with Gasteiger partial charge in [0.1, 0.15) is 11.8 Å². The molecule has 2 fully saturated rings. The first-order chi connectivity index (χ1) is 15.7. The third-order valence-electron chi connectivity index (χ3n) is 8.44. The number of rotatable bonds is 6. The Morgan fingerprint density at radius 1 is 1.27 bits per heavy atom. The van der Waals surface area contributed by atoms with Crippen molar-refractivity contribution in [2.75, 3.05) is 19.6 Å². The number of carbonyl (C=O) groups is 1. The third-order valence-corrected chi connectivity index (χ3v) is 8.44. The highest BCUT2D eigenvalue weighted by atomic mass is 16.3. The zero-order valence-electron chi connectivity index (χ0n) is 21.3. The predicted octanol–water partition coefficient (Wildman–Crippen LogP) is 4.52. The van der Waals surface area contributed by atoms with Gasteiger partial charge in [0.25, 0.3) is 0 Å². The van der Waals surface area contributed by atoms with Gasteiger partial charge >= 0.3 is 0 Å². The molecule has 0 bridgehead atoms. The highest BCUT2D eigenvalue weighted by Gasteiger charge is 2.52. The van der Waals surface area contributed by atoms with Crippen molar-refractivity contribution in [1.29, 1.82) is 0 Å². The molecule has 5 nitrogen and oxygen atoms in total. The molecular formula is C28H43N3O2. The number of nitrogens with one attached hydrogen (secondary N) is 1. The van der Waals surface area contributed by atoms with E-state index in [1.807, 2.05) is 17.0 Å². The summed E-state index contributed by atoms with van der Waals surface area (Å²) in [6.07, 6.45) is 5.77. The SMILES string of the molecule is CCCN1CCC2(c3cccc(O)c3)C=C3NC(C(=O)N(C(C)C)C(C)C)C(C)C3CC2C1. The second-order valence-corrected chi connectivity index (χ2v) is 11.2. The number of benzene rings is 1. The Morgan fingerprint density at radius 2 is 2.00 bits per heavy atom. The summed E-state index contributed by atoms with van der Waals surface area (Å²) in [5, 5.41) is 14.0. The van der Waals surface area contributed by atoms with Crippen molar-refractivity contribution in [1.82, 2.24) is 15.1 Å². The highest BCUT2D eigenvalue weighted by molar-refractivity contribution is 5.84. The average molecular weight is 454 g/mol. The maximum absolute atomic E-state index is 13.6.